The fourth-order valence-corrected chi connectivity index (χ4v) is 2.69. The van der Waals surface area contributed by atoms with E-state index in [9.17, 15) is 9.59 Å². The maximum absolute atomic E-state index is 12.5. The molecule has 0 radical (unpaired) electrons. The minimum Gasteiger partial charge on any atom is -0.399 e. The number of carbonyl (C=O) groups excluding carboxylic acids is 2. The maximum atomic E-state index is 12.5. The zero-order chi connectivity index (χ0) is 15.1. The Labute approximate surface area is 127 Å². The molecule has 1 amide bonds. The molecule has 2 aromatic rings. The number of nitrogens with two attached hydrogens (primary N) is 1. The lowest BCUT2D eigenvalue weighted by Crippen LogP contribution is -2.20. The normalized spacial score (nSPS) is 13.4. The Morgan fingerprint density at radius 3 is 2.76 bits per heavy atom. The molecular formula is C16H13ClN2O2. The number of hydrogen-bond donors (Lipinski definition) is 1. The molecule has 1 aliphatic heterocycles. The lowest BCUT2D eigenvalue weighted by atomic mass is 10.00. The van der Waals surface area contributed by atoms with Gasteiger partial charge >= 0.3 is 0 Å². The Morgan fingerprint density at radius 1 is 1.24 bits per heavy atom. The van der Waals surface area contributed by atoms with Crippen molar-refractivity contribution < 1.29 is 9.59 Å². The molecule has 1 heterocycles. The van der Waals surface area contributed by atoms with Crippen LogP contribution in [0.3, 0.4) is 0 Å². The first-order valence-corrected chi connectivity index (χ1v) is 6.84. The zero-order valence-corrected chi connectivity index (χ0v) is 12.1. The van der Waals surface area contributed by atoms with Crippen molar-refractivity contribution >= 4 is 34.7 Å². The summed E-state index contributed by atoms with van der Waals surface area (Å²) in [6.45, 7) is 0. The van der Waals surface area contributed by atoms with E-state index in [0.717, 1.165) is 11.3 Å². The van der Waals surface area contributed by atoms with Crippen LogP contribution >= 0.6 is 11.6 Å². The van der Waals surface area contributed by atoms with Gasteiger partial charge in [-0.15, -0.1) is 0 Å². The summed E-state index contributed by atoms with van der Waals surface area (Å²) in [4.78, 5) is 25.8. The van der Waals surface area contributed by atoms with Crippen molar-refractivity contribution in [3.05, 3.63) is 58.1 Å². The third-order valence-electron chi connectivity index (χ3n) is 3.65. The fraction of sp³-hybridized carbons (Fsp3) is 0.125. The molecule has 5 heteroatoms. The zero-order valence-electron chi connectivity index (χ0n) is 11.4. The Bertz CT molecular complexity index is 771. The van der Waals surface area contributed by atoms with Gasteiger partial charge in [0.2, 0.25) is 5.91 Å². The van der Waals surface area contributed by atoms with Crippen molar-refractivity contribution in [3.8, 4) is 0 Å². The summed E-state index contributed by atoms with van der Waals surface area (Å²) >= 11 is 6.07. The molecule has 0 saturated carbocycles. The highest BCUT2D eigenvalue weighted by Crippen LogP contribution is 2.30. The van der Waals surface area contributed by atoms with Gasteiger partial charge in [0.1, 0.15) is 0 Å². The molecule has 21 heavy (non-hydrogen) atoms. The lowest BCUT2D eigenvalue weighted by Gasteiger charge is -2.10. The highest BCUT2D eigenvalue weighted by Gasteiger charge is 2.25. The summed E-state index contributed by atoms with van der Waals surface area (Å²) < 4.78 is 0. The van der Waals surface area contributed by atoms with Gasteiger partial charge < -0.3 is 10.6 Å². The Kier molecular flexibility index (Phi) is 3.18. The quantitative estimate of drug-likeness (QED) is 0.685. The summed E-state index contributed by atoms with van der Waals surface area (Å²) in [7, 11) is 1.73. The minimum absolute atomic E-state index is 0.0246. The molecule has 4 nitrogen and oxygen atoms in total. The van der Waals surface area contributed by atoms with Gasteiger partial charge in [0.15, 0.2) is 5.78 Å². The molecular weight excluding hydrogens is 288 g/mol. The van der Waals surface area contributed by atoms with Gasteiger partial charge in [0.05, 0.1) is 11.4 Å². The molecule has 106 valence electrons. The average molecular weight is 301 g/mol. The highest BCUT2D eigenvalue weighted by atomic mass is 35.5. The minimum atomic E-state index is -0.197. The first-order valence-electron chi connectivity index (χ1n) is 6.46. The second-order valence-corrected chi connectivity index (χ2v) is 5.45. The van der Waals surface area contributed by atoms with Crippen LogP contribution in [0.15, 0.2) is 36.4 Å². The average Bonchev–Trinajstić information content (AvgIpc) is 2.75. The first-order chi connectivity index (χ1) is 9.97. The van der Waals surface area contributed by atoms with Crippen LogP contribution in [0.25, 0.3) is 0 Å². The molecule has 0 aromatic heterocycles. The molecule has 0 atom stereocenters. The van der Waals surface area contributed by atoms with Gasteiger partial charge in [0, 0.05) is 29.5 Å². The number of nitrogens with zero attached hydrogens (tertiary/aromatic N) is 1. The van der Waals surface area contributed by atoms with Crippen molar-refractivity contribution in [2.24, 2.45) is 0 Å². The van der Waals surface area contributed by atoms with Gasteiger partial charge in [0.25, 0.3) is 0 Å². The SMILES string of the molecule is CN1C(=O)Cc2cc(C(=O)c3cc(N)ccc3Cl)ccc21. The number of likely N-dealkylation sites (N-methyl/N-ethyl adjacent to an activating group) is 1. The van der Waals surface area contributed by atoms with E-state index >= 15 is 0 Å². The smallest absolute Gasteiger partial charge is 0.231 e. The molecule has 0 saturated heterocycles. The second kappa shape index (κ2) is 4.90. The third-order valence-corrected chi connectivity index (χ3v) is 3.98. The summed E-state index contributed by atoms with van der Waals surface area (Å²) in [6.07, 6.45) is 0.317. The predicted octanol–water partition coefficient (Wildman–Crippen LogP) is 2.67. The van der Waals surface area contributed by atoms with Gasteiger partial charge in [-0.25, -0.2) is 0 Å². The largest absolute Gasteiger partial charge is 0.399 e. The molecule has 0 fully saturated rings. The van der Waals surface area contributed by atoms with E-state index in [4.69, 9.17) is 17.3 Å². The number of benzene rings is 2. The lowest BCUT2D eigenvalue weighted by molar-refractivity contribution is -0.117. The summed E-state index contributed by atoms with van der Waals surface area (Å²) in [5, 5.41) is 0.364. The summed E-state index contributed by atoms with van der Waals surface area (Å²) in [6, 6.07) is 10.1. The summed E-state index contributed by atoms with van der Waals surface area (Å²) in [5.74, 6) is -0.173. The van der Waals surface area contributed by atoms with Crippen LogP contribution in [-0.4, -0.2) is 18.7 Å². The number of amides is 1. The van der Waals surface area contributed by atoms with Crippen LogP contribution < -0.4 is 10.6 Å². The molecule has 0 bridgehead atoms. The molecule has 0 aliphatic carbocycles. The Hall–Kier alpha value is -2.33. The molecule has 0 unspecified atom stereocenters. The molecule has 3 rings (SSSR count). The van der Waals surface area contributed by atoms with Gasteiger partial charge in [-0.3, -0.25) is 9.59 Å². The van der Waals surface area contributed by atoms with Crippen LogP contribution in [0.2, 0.25) is 5.02 Å². The van der Waals surface area contributed by atoms with Crippen LogP contribution in [0.5, 0.6) is 0 Å². The molecule has 0 spiro atoms. The predicted molar refractivity (Wildman–Crippen MR) is 82.9 cm³/mol. The Morgan fingerprint density at radius 2 is 2.00 bits per heavy atom. The standard InChI is InChI=1S/C16H13ClN2O2/c1-19-14-5-2-9(6-10(14)7-15(19)20)16(21)12-8-11(18)3-4-13(12)17/h2-6,8H,7,18H2,1H3. The third kappa shape index (κ3) is 2.28. The number of halogens is 1. The number of nitrogen functional groups attached to an aromatic ring is 1. The molecule has 2 N–H and O–H groups in total. The van der Waals surface area contributed by atoms with Gasteiger partial charge in [-0.1, -0.05) is 11.6 Å². The molecule has 2 aromatic carbocycles. The van der Waals surface area contributed by atoms with E-state index in [1.807, 2.05) is 0 Å². The second-order valence-electron chi connectivity index (χ2n) is 5.04. The number of fused-ring (bicyclic) bond motifs is 1. The van der Waals surface area contributed by atoms with Crippen LogP contribution in [0.4, 0.5) is 11.4 Å². The van der Waals surface area contributed by atoms with E-state index in [-0.39, 0.29) is 11.7 Å². The van der Waals surface area contributed by atoms with Gasteiger partial charge in [-0.2, -0.15) is 0 Å². The molecule has 1 aliphatic rings. The van der Waals surface area contributed by atoms with E-state index in [1.54, 1.807) is 48.3 Å². The van der Waals surface area contributed by atoms with E-state index < -0.39 is 0 Å². The van der Waals surface area contributed by atoms with Crippen LogP contribution in [0.1, 0.15) is 21.5 Å². The van der Waals surface area contributed by atoms with Gasteiger partial charge in [-0.05, 0) is 42.0 Å². The van der Waals surface area contributed by atoms with E-state index in [2.05, 4.69) is 0 Å². The number of anilines is 2. The number of hydrogen-bond acceptors (Lipinski definition) is 3. The summed E-state index contributed by atoms with van der Waals surface area (Å²) in [5.41, 5.74) is 8.76. The topological polar surface area (TPSA) is 63.4 Å². The maximum Gasteiger partial charge on any atom is 0.231 e. The number of rotatable bonds is 2. The van der Waals surface area contributed by atoms with Crippen molar-refractivity contribution in [1.29, 1.82) is 0 Å². The van der Waals surface area contributed by atoms with E-state index in [1.165, 1.54) is 0 Å². The van der Waals surface area contributed by atoms with E-state index in [0.29, 0.717) is 28.3 Å². The van der Waals surface area contributed by atoms with Crippen molar-refractivity contribution in [3.63, 3.8) is 0 Å². The van der Waals surface area contributed by atoms with Crippen LogP contribution in [-0.2, 0) is 11.2 Å². The fourth-order valence-electron chi connectivity index (χ4n) is 2.48. The van der Waals surface area contributed by atoms with Crippen molar-refractivity contribution in [2.75, 3.05) is 17.7 Å². The van der Waals surface area contributed by atoms with Crippen LogP contribution in [0, 0.1) is 0 Å². The monoisotopic (exact) mass is 300 g/mol. The van der Waals surface area contributed by atoms with Crippen molar-refractivity contribution in [2.45, 2.75) is 6.42 Å². The first kappa shape index (κ1) is 13.6. The van der Waals surface area contributed by atoms with Crippen molar-refractivity contribution in [1.82, 2.24) is 0 Å². The highest BCUT2D eigenvalue weighted by molar-refractivity contribution is 6.35. The number of carbonyl (C=O) groups is 2. The Balaban J connectivity index is 2.02. The number of ketones is 1.